The first kappa shape index (κ1) is 8.62. The molecule has 0 saturated carbocycles. The normalized spacial score (nSPS) is 9.36. The average Bonchev–Trinajstić information content (AvgIpc) is 2.04. The second kappa shape index (κ2) is 3.78. The molecule has 1 rings (SSSR count). The highest BCUT2D eigenvalue weighted by Crippen LogP contribution is 2.20. The Labute approximate surface area is 74.6 Å². The van der Waals surface area contributed by atoms with Crippen molar-refractivity contribution < 1.29 is 9.76 Å². The van der Waals surface area contributed by atoms with Crippen LogP contribution in [0.2, 0.25) is 0 Å². The smallest absolute Gasteiger partial charge is 0.330 e. The predicted octanol–water partition coefficient (Wildman–Crippen LogP) is 0.694. The number of benzene rings is 1. The maximum absolute atomic E-state index is 8.75. The summed E-state index contributed by atoms with van der Waals surface area (Å²) in [5, 5.41) is 8.75. The number of hydrogen-bond donors (Lipinski definition) is 1. The Morgan fingerprint density at radius 3 is 2.73 bits per heavy atom. The molecule has 0 atom stereocenters. The largest absolute Gasteiger partial charge is 0.496 e. The second-order valence-electron chi connectivity index (χ2n) is 1.99. The molecule has 11 heavy (non-hydrogen) atoms. The Morgan fingerprint density at radius 2 is 2.27 bits per heavy atom. The summed E-state index contributed by atoms with van der Waals surface area (Å²) in [6.07, 6.45) is 0. The number of rotatable bonds is 2. The third kappa shape index (κ3) is 1.76. The fourth-order valence-corrected chi connectivity index (χ4v) is 1.39. The molecular formula is C7H7BBrO2. The van der Waals surface area contributed by atoms with Gasteiger partial charge in [0.15, 0.2) is 0 Å². The van der Waals surface area contributed by atoms with E-state index in [1.807, 2.05) is 12.1 Å². The lowest BCUT2D eigenvalue weighted by atomic mass is 9.88. The molecule has 0 saturated heterocycles. The lowest BCUT2D eigenvalue weighted by Gasteiger charge is -2.06. The van der Waals surface area contributed by atoms with E-state index in [9.17, 15) is 0 Å². The fourth-order valence-electron chi connectivity index (χ4n) is 0.843. The molecule has 0 aliphatic heterocycles. The second-order valence-corrected chi connectivity index (χ2v) is 2.85. The van der Waals surface area contributed by atoms with Crippen molar-refractivity contribution in [1.29, 1.82) is 0 Å². The number of hydrogen-bond acceptors (Lipinski definition) is 2. The Bertz CT molecular complexity index is 252. The van der Waals surface area contributed by atoms with E-state index in [1.165, 1.54) is 0 Å². The van der Waals surface area contributed by atoms with Crippen molar-refractivity contribution in [2.75, 3.05) is 7.11 Å². The summed E-state index contributed by atoms with van der Waals surface area (Å²) in [4.78, 5) is 0. The minimum atomic E-state index is 0.648. The molecule has 57 valence electrons. The first-order valence-electron chi connectivity index (χ1n) is 3.09. The molecular weight excluding hydrogens is 207 g/mol. The predicted molar refractivity (Wildman–Crippen MR) is 48.3 cm³/mol. The number of para-hydroxylation sites is 1. The first-order valence-corrected chi connectivity index (χ1v) is 3.89. The van der Waals surface area contributed by atoms with E-state index in [2.05, 4.69) is 15.9 Å². The maximum Gasteiger partial charge on any atom is 0.330 e. The van der Waals surface area contributed by atoms with Crippen LogP contribution in [0.25, 0.3) is 0 Å². The summed E-state index contributed by atoms with van der Waals surface area (Å²) >= 11 is 3.29. The van der Waals surface area contributed by atoms with Crippen LogP contribution in [-0.4, -0.2) is 19.6 Å². The molecule has 1 aromatic rings. The zero-order valence-electron chi connectivity index (χ0n) is 6.04. The Hall–Kier alpha value is -0.475. The summed E-state index contributed by atoms with van der Waals surface area (Å²) in [5.74, 6) is 0.648. The maximum atomic E-state index is 8.75. The molecule has 0 fully saturated rings. The molecule has 1 radical (unpaired) electrons. The molecule has 0 aromatic heterocycles. The number of halogens is 1. The lowest BCUT2D eigenvalue weighted by Crippen LogP contribution is -2.16. The highest BCUT2D eigenvalue weighted by molar-refractivity contribution is 9.10. The van der Waals surface area contributed by atoms with Crippen LogP contribution in [0.15, 0.2) is 22.7 Å². The third-order valence-corrected chi connectivity index (χ3v) is 1.97. The van der Waals surface area contributed by atoms with Gasteiger partial charge in [-0.1, -0.05) is 12.1 Å². The van der Waals surface area contributed by atoms with Crippen molar-refractivity contribution in [3.8, 4) is 5.75 Å². The molecule has 0 amide bonds. The topological polar surface area (TPSA) is 29.5 Å². The van der Waals surface area contributed by atoms with Crippen LogP contribution in [0.1, 0.15) is 0 Å². The summed E-state index contributed by atoms with van der Waals surface area (Å²) in [6, 6.07) is 5.45. The quantitative estimate of drug-likeness (QED) is 0.733. The van der Waals surface area contributed by atoms with E-state index < -0.39 is 0 Å². The van der Waals surface area contributed by atoms with E-state index in [-0.39, 0.29) is 0 Å². The van der Waals surface area contributed by atoms with Crippen molar-refractivity contribution >= 4 is 28.9 Å². The van der Waals surface area contributed by atoms with Crippen LogP contribution in [0, 0.1) is 0 Å². The minimum Gasteiger partial charge on any atom is -0.496 e. The van der Waals surface area contributed by atoms with E-state index in [0.717, 1.165) is 12.0 Å². The van der Waals surface area contributed by atoms with Gasteiger partial charge in [-0.3, -0.25) is 0 Å². The lowest BCUT2D eigenvalue weighted by molar-refractivity contribution is 0.414. The number of ether oxygens (including phenoxy) is 1. The summed E-state index contributed by atoms with van der Waals surface area (Å²) in [7, 11) is 2.58. The van der Waals surface area contributed by atoms with Crippen molar-refractivity contribution in [1.82, 2.24) is 0 Å². The molecule has 0 bridgehead atoms. The Balaban J connectivity index is 3.13. The van der Waals surface area contributed by atoms with Crippen LogP contribution in [-0.2, 0) is 0 Å². The zero-order chi connectivity index (χ0) is 8.27. The molecule has 0 aliphatic carbocycles. The van der Waals surface area contributed by atoms with Crippen LogP contribution in [0.4, 0.5) is 0 Å². The van der Waals surface area contributed by atoms with Crippen LogP contribution >= 0.6 is 15.9 Å². The van der Waals surface area contributed by atoms with Gasteiger partial charge in [-0.05, 0) is 27.5 Å². The zero-order valence-corrected chi connectivity index (χ0v) is 7.63. The van der Waals surface area contributed by atoms with Gasteiger partial charge in [0.2, 0.25) is 0 Å². The minimum absolute atomic E-state index is 0.648. The highest BCUT2D eigenvalue weighted by atomic mass is 79.9. The van der Waals surface area contributed by atoms with E-state index in [0.29, 0.717) is 11.2 Å². The van der Waals surface area contributed by atoms with Gasteiger partial charge in [-0.25, -0.2) is 0 Å². The average molecular weight is 214 g/mol. The first-order chi connectivity index (χ1) is 5.29. The van der Waals surface area contributed by atoms with E-state index >= 15 is 0 Å². The van der Waals surface area contributed by atoms with Crippen LogP contribution < -0.4 is 10.2 Å². The van der Waals surface area contributed by atoms with E-state index in [1.54, 1.807) is 13.2 Å². The van der Waals surface area contributed by atoms with Gasteiger partial charge in [-0.15, -0.1) is 0 Å². The van der Waals surface area contributed by atoms with Gasteiger partial charge < -0.3 is 9.76 Å². The van der Waals surface area contributed by atoms with Crippen molar-refractivity contribution in [3.05, 3.63) is 22.7 Å². The molecule has 0 spiro atoms. The molecule has 0 unspecified atom stereocenters. The standard InChI is InChI=1S/C7H7BBrO2/c1-11-7-5(8-10)3-2-4-6(7)9/h2-4,10H,1H3. The van der Waals surface area contributed by atoms with Gasteiger partial charge in [0.1, 0.15) is 5.75 Å². The van der Waals surface area contributed by atoms with Crippen molar-refractivity contribution in [2.45, 2.75) is 0 Å². The monoisotopic (exact) mass is 213 g/mol. The Morgan fingerprint density at radius 1 is 1.55 bits per heavy atom. The molecule has 1 N–H and O–H groups in total. The van der Waals surface area contributed by atoms with Crippen molar-refractivity contribution in [3.63, 3.8) is 0 Å². The van der Waals surface area contributed by atoms with Gasteiger partial charge >= 0.3 is 7.48 Å². The van der Waals surface area contributed by atoms with Crippen LogP contribution in [0.5, 0.6) is 5.75 Å². The fraction of sp³-hybridized carbons (Fsp3) is 0.143. The van der Waals surface area contributed by atoms with Gasteiger partial charge in [0.25, 0.3) is 0 Å². The van der Waals surface area contributed by atoms with Gasteiger partial charge in [-0.2, -0.15) is 0 Å². The van der Waals surface area contributed by atoms with Gasteiger partial charge in [0, 0.05) is 0 Å². The van der Waals surface area contributed by atoms with E-state index in [4.69, 9.17) is 9.76 Å². The molecule has 0 aliphatic rings. The van der Waals surface area contributed by atoms with Crippen molar-refractivity contribution in [2.24, 2.45) is 0 Å². The molecule has 2 nitrogen and oxygen atoms in total. The molecule has 4 heteroatoms. The van der Waals surface area contributed by atoms with Crippen LogP contribution in [0.3, 0.4) is 0 Å². The summed E-state index contributed by atoms with van der Waals surface area (Å²) in [5.41, 5.74) is 0.668. The summed E-state index contributed by atoms with van der Waals surface area (Å²) in [6.45, 7) is 0. The van der Waals surface area contributed by atoms with Gasteiger partial charge in [0.05, 0.1) is 11.6 Å². The highest BCUT2D eigenvalue weighted by Gasteiger charge is 2.05. The number of methoxy groups -OCH3 is 1. The Kier molecular flexibility index (Phi) is 2.97. The SMILES string of the molecule is COc1c(Br)cccc1[B]O. The molecule has 1 aromatic carbocycles. The summed E-state index contributed by atoms with van der Waals surface area (Å²) < 4.78 is 5.86. The molecule has 0 heterocycles. The third-order valence-electron chi connectivity index (χ3n) is 1.34.